The van der Waals surface area contributed by atoms with Crippen LogP contribution in [0.5, 0.6) is 0 Å². The van der Waals surface area contributed by atoms with Gasteiger partial charge in [-0.2, -0.15) is 5.26 Å². The predicted octanol–water partition coefficient (Wildman–Crippen LogP) is 5.07. The lowest BCUT2D eigenvalue weighted by Crippen LogP contribution is -2.20. The van der Waals surface area contributed by atoms with Crippen LogP contribution in [0.25, 0.3) is 0 Å². The molecule has 1 amide bonds. The first-order chi connectivity index (χ1) is 16.7. The zero-order valence-corrected chi connectivity index (χ0v) is 20.8. The van der Waals surface area contributed by atoms with Crippen molar-refractivity contribution in [2.45, 2.75) is 64.2 Å². The molecule has 184 valence electrons. The molecule has 0 atom stereocenters. The molecule has 2 N–H and O–H groups in total. The van der Waals surface area contributed by atoms with Gasteiger partial charge in [-0.05, 0) is 85.8 Å². The number of esters is 2. The Morgan fingerprint density at radius 3 is 1.66 bits per heavy atom. The molecule has 0 aliphatic heterocycles. The van der Waals surface area contributed by atoms with Crippen molar-refractivity contribution in [3.8, 4) is 6.07 Å². The first kappa shape index (κ1) is 26.0. The van der Waals surface area contributed by atoms with Crippen LogP contribution in [0.15, 0.2) is 24.3 Å². The van der Waals surface area contributed by atoms with Gasteiger partial charge < -0.3 is 15.2 Å². The molecular formula is C28H32N2O5. The summed E-state index contributed by atoms with van der Waals surface area (Å²) in [6, 6.07) is 9.28. The largest absolute Gasteiger partial charge is 0.465 e. The van der Waals surface area contributed by atoms with Gasteiger partial charge in [-0.25, -0.2) is 9.59 Å². The SMILES string of the molecule is COC(=O)c1cc(C#N)c(C2CCC2)cc1C.COC(=O)c1cc(C(N)=O)c(C2CCC2)cc1C. The average Bonchev–Trinajstić information content (AvgIpc) is 2.76. The van der Waals surface area contributed by atoms with Gasteiger partial charge in [0.15, 0.2) is 0 Å². The first-order valence-corrected chi connectivity index (χ1v) is 11.9. The van der Waals surface area contributed by atoms with Crippen molar-refractivity contribution < 1.29 is 23.9 Å². The van der Waals surface area contributed by atoms with Crippen molar-refractivity contribution in [1.82, 2.24) is 0 Å². The molecule has 35 heavy (non-hydrogen) atoms. The van der Waals surface area contributed by atoms with Crippen LogP contribution < -0.4 is 5.73 Å². The molecule has 0 radical (unpaired) electrons. The summed E-state index contributed by atoms with van der Waals surface area (Å²) in [5, 5.41) is 9.15. The normalized spacial score (nSPS) is 14.9. The number of benzene rings is 2. The third-order valence-electron chi connectivity index (χ3n) is 7.08. The lowest BCUT2D eigenvalue weighted by Gasteiger charge is -2.28. The second kappa shape index (κ2) is 11.2. The van der Waals surface area contributed by atoms with E-state index < -0.39 is 11.9 Å². The molecule has 7 nitrogen and oxygen atoms in total. The molecule has 7 heteroatoms. The highest BCUT2D eigenvalue weighted by Gasteiger charge is 2.26. The van der Waals surface area contributed by atoms with E-state index in [1.54, 1.807) is 12.1 Å². The highest BCUT2D eigenvalue weighted by molar-refractivity contribution is 5.99. The maximum absolute atomic E-state index is 11.6. The number of nitrogens with zero attached hydrogens (tertiary/aromatic N) is 1. The van der Waals surface area contributed by atoms with E-state index in [0.717, 1.165) is 47.9 Å². The van der Waals surface area contributed by atoms with E-state index in [1.807, 2.05) is 26.0 Å². The van der Waals surface area contributed by atoms with Crippen LogP contribution in [-0.4, -0.2) is 32.1 Å². The van der Waals surface area contributed by atoms with Gasteiger partial charge in [0.2, 0.25) is 5.91 Å². The number of methoxy groups -OCH3 is 2. The van der Waals surface area contributed by atoms with Crippen LogP contribution in [0.4, 0.5) is 0 Å². The zero-order valence-electron chi connectivity index (χ0n) is 20.8. The molecule has 0 unspecified atom stereocenters. The molecule has 0 aromatic heterocycles. The van der Waals surface area contributed by atoms with Crippen LogP contribution in [-0.2, 0) is 9.47 Å². The molecule has 0 heterocycles. The van der Waals surface area contributed by atoms with Crippen LogP contribution in [0.1, 0.15) is 109 Å². The van der Waals surface area contributed by atoms with E-state index in [9.17, 15) is 14.4 Å². The Labute approximate surface area is 206 Å². The number of amides is 1. The predicted molar refractivity (Wildman–Crippen MR) is 131 cm³/mol. The fourth-order valence-electron chi connectivity index (χ4n) is 4.54. The summed E-state index contributed by atoms with van der Waals surface area (Å²) in [7, 11) is 2.68. The monoisotopic (exact) mass is 476 g/mol. The zero-order chi connectivity index (χ0) is 25.7. The van der Waals surface area contributed by atoms with Gasteiger partial charge in [0, 0.05) is 5.56 Å². The fourth-order valence-corrected chi connectivity index (χ4v) is 4.54. The van der Waals surface area contributed by atoms with Crippen molar-refractivity contribution in [3.05, 3.63) is 68.8 Å². The molecule has 2 aromatic carbocycles. The number of aryl methyl sites for hydroxylation is 2. The quantitative estimate of drug-likeness (QED) is 0.602. The Kier molecular flexibility index (Phi) is 8.29. The standard InChI is InChI=1S/C14H17NO3.C14H15NO2/c1-8-6-11(9-4-3-5-9)12(13(15)16)7-10(8)14(17)18-2;1-9-6-13(10-4-3-5-10)11(8-15)7-12(9)14(16)17-2/h6-7,9H,3-5H2,1-2H3,(H2,15,16);6-7,10H,3-5H2,1-2H3. The third-order valence-corrected chi connectivity index (χ3v) is 7.08. The second-order valence-electron chi connectivity index (χ2n) is 9.22. The molecule has 4 rings (SSSR count). The number of hydrogen-bond acceptors (Lipinski definition) is 6. The lowest BCUT2D eigenvalue weighted by molar-refractivity contribution is 0.0590. The summed E-state index contributed by atoms with van der Waals surface area (Å²) < 4.78 is 9.41. The Morgan fingerprint density at radius 1 is 0.800 bits per heavy atom. The van der Waals surface area contributed by atoms with E-state index in [1.165, 1.54) is 27.1 Å². The van der Waals surface area contributed by atoms with E-state index in [2.05, 4.69) is 6.07 Å². The molecule has 2 aromatic rings. The average molecular weight is 477 g/mol. The Bertz CT molecular complexity index is 1190. The van der Waals surface area contributed by atoms with Crippen LogP contribution in [0, 0.1) is 25.2 Å². The van der Waals surface area contributed by atoms with Gasteiger partial charge in [0.1, 0.15) is 0 Å². The number of rotatable bonds is 5. The van der Waals surface area contributed by atoms with E-state index in [4.69, 9.17) is 20.5 Å². The number of primary amides is 1. The van der Waals surface area contributed by atoms with E-state index in [0.29, 0.717) is 34.1 Å². The Morgan fingerprint density at radius 2 is 1.26 bits per heavy atom. The van der Waals surface area contributed by atoms with Crippen LogP contribution in [0.3, 0.4) is 0 Å². The molecule has 2 fully saturated rings. The smallest absolute Gasteiger partial charge is 0.338 e. The second-order valence-corrected chi connectivity index (χ2v) is 9.22. The van der Waals surface area contributed by atoms with Gasteiger partial charge >= 0.3 is 11.9 Å². The summed E-state index contributed by atoms with van der Waals surface area (Å²) in [5.74, 6) is -0.399. The van der Waals surface area contributed by atoms with Gasteiger partial charge in [-0.3, -0.25) is 4.79 Å². The summed E-state index contributed by atoms with van der Waals surface area (Å²) in [6.07, 6.45) is 6.86. The van der Waals surface area contributed by atoms with Crippen molar-refractivity contribution in [2.75, 3.05) is 14.2 Å². The molecule has 0 spiro atoms. The molecule has 2 aliphatic carbocycles. The number of hydrogen-bond donors (Lipinski definition) is 1. The minimum atomic E-state index is -0.484. The molecule has 0 bridgehead atoms. The van der Waals surface area contributed by atoms with Gasteiger partial charge in [-0.1, -0.05) is 25.0 Å². The number of carbonyl (C=O) groups is 3. The number of carbonyl (C=O) groups excluding carboxylic acids is 3. The Balaban J connectivity index is 0.000000196. The molecule has 0 saturated heterocycles. The first-order valence-electron chi connectivity index (χ1n) is 11.9. The topological polar surface area (TPSA) is 119 Å². The minimum absolute atomic E-state index is 0.376. The van der Waals surface area contributed by atoms with E-state index in [-0.39, 0.29) is 5.97 Å². The number of ether oxygens (including phenoxy) is 2. The highest BCUT2D eigenvalue weighted by Crippen LogP contribution is 2.39. The molecule has 2 aliphatic rings. The number of nitrogens with two attached hydrogens (primary N) is 1. The maximum Gasteiger partial charge on any atom is 0.338 e. The van der Waals surface area contributed by atoms with Crippen LogP contribution >= 0.6 is 0 Å². The van der Waals surface area contributed by atoms with Crippen molar-refractivity contribution >= 4 is 17.8 Å². The Hall–Kier alpha value is -3.66. The van der Waals surface area contributed by atoms with Gasteiger partial charge in [-0.15, -0.1) is 0 Å². The molecular weight excluding hydrogens is 444 g/mol. The summed E-state index contributed by atoms with van der Waals surface area (Å²) in [4.78, 5) is 34.6. The fraction of sp³-hybridized carbons (Fsp3) is 0.429. The lowest BCUT2D eigenvalue weighted by atomic mass is 9.77. The maximum atomic E-state index is 11.6. The number of nitriles is 1. The third kappa shape index (κ3) is 5.54. The minimum Gasteiger partial charge on any atom is -0.465 e. The van der Waals surface area contributed by atoms with Crippen molar-refractivity contribution in [3.63, 3.8) is 0 Å². The summed E-state index contributed by atoms with van der Waals surface area (Å²) in [5.41, 5.74) is 11.1. The van der Waals surface area contributed by atoms with Crippen molar-refractivity contribution in [1.29, 1.82) is 5.26 Å². The highest BCUT2D eigenvalue weighted by atomic mass is 16.5. The molecule has 2 saturated carbocycles. The van der Waals surface area contributed by atoms with Gasteiger partial charge in [0.25, 0.3) is 0 Å². The van der Waals surface area contributed by atoms with Crippen molar-refractivity contribution in [2.24, 2.45) is 5.73 Å². The summed E-state index contributed by atoms with van der Waals surface area (Å²) in [6.45, 7) is 3.73. The van der Waals surface area contributed by atoms with E-state index >= 15 is 0 Å². The van der Waals surface area contributed by atoms with Crippen LogP contribution in [0.2, 0.25) is 0 Å². The summed E-state index contributed by atoms with van der Waals surface area (Å²) >= 11 is 0. The van der Waals surface area contributed by atoms with Gasteiger partial charge in [0.05, 0.1) is 37.0 Å².